The lowest BCUT2D eigenvalue weighted by atomic mass is 10.1. The van der Waals surface area contributed by atoms with Gasteiger partial charge in [-0.3, -0.25) is 10.1 Å². The van der Waals surface area contributed by atoms with Crippen molar-refractivity contribution in [2.24, 2.45) is 0 Å². The molecular formula is C14H13N3O4. The van der Waals surface area contributed by atoms with Crippen LogP contribution in [0.3, 0.4) is 0 Å². The molecule has 2 aromatic rings. The molecule has 1 aromatic heterocycles. The van der Waals surface area contributed by atoms with E-state index >= 15 is 0 Å². The van der Waals surface area contributed by atoms with Crippen molar-refractivity contribution >= 4 is 17.5 Å². The third kappa shape index (κ3) is 3.33. The Morgan fingerprint density at radius 3 is 2.62 bits per heavy atom. The Kier molecular flexibility index (Phi) is 4.45. The predicted octanol–water partition coefficient (Wildman–Crippen LogP) is 2.32. The Labute approximate surface area is 120 Å². The van der Waals surface area contributed by atoms with E-state index in [2.05, 4.69) is 10.3 Å². The Balaban J connectivity index is 2.37. The second kappa shape index (κ2) is 6.47. The number of carbonyl (C=O) groups excluding carboxylic acids is 1. The lowest BCUT2D eigenvalue weighted by molar-refractivity contribution is -0.384. The number of nitrogens with one attached hydrogen (secondary N) is 1. The van der Waals surface area contributed by atoms with E-state index in [1.165, 1.54) is 25.4 Å². The summed E-state index contributed by atoms with van der Waals surface area (Å²) in [5, 5.41) is 13.8. The summed E-state index contributed by atoms with van der Waals surface area (Å²) < 4.78 is 4.74. The summed E-state index contributed by atoms with van der Waals surface area (Å²) in [5.74, 6) is -0.539. The lowest BCUT2D eigenvalue weighted by Crippen LogP contribution is -2.23. The number of ether oxygens (including phenoxy) is 1. The lowest BCUT2D eigenvalue weighted by Gasteiger charge is -2.17. The number of nitrogens with zero attached hydrogens (tertiary/aromatic N) is 2. The maximum atomic E-state index is 11.9. The van der Waals surface area contributed by atoms with Crippen LogP contribution in [0.15, 0.2) is 48.7 Å². The number of benzene rings is 1. The summed E-state index contributed by atoms with van der Waals surface area (Å²) in [4.78, 5) is 26.3. The fraction of sp³-hybridized carbons (Fsp3) is 0.143. The zero-order valence-corrected chi connectivity index (χ0v) is 11.2. The van der Waals surface area contributed by atoms with Gasteiger partial charge in [0.05, 0.1) is 12.0 Å². The Hall–Kier alpha value is -2.96. The van der Waals surface area contributed by atoms with Gasteiger partial charge in [-0.15, -0.1) is 0 Å². The minimum absolute atomic E-state index is 0.0155. The monoisotopic (exact) mass is 287 g/mol. The highest BCUT2D eigenvalue weighted by atomic mass is 16.6. The first-order valence-electron chi connectivity index (χ1n) is 6.12. The fourth-order valence-corrected chi connectivity index (χ4v) is 1.83. The molecule has 0 aliphatic rings. The van der Waals surface area contributed by atoms with E-state index in [-0.39, 0.29) is 11.5 Å². The molecule has 2 rings (SSSR count). The minimum atomic E-state index is -0.871. The molecule has 0 saturated heterocycles. The number of rotatable bonds is 5. The fourth-order valence-electron chi connectivity index (χ4n) is 1.83. The van der Waals surface area contributed by atoms with Gasteiger partial charge in [-0.1, -0.05) is 30.3 Å². The zero-order valence-electron chi connectivity index (χ0n) is 11.2. The summed E-state index contributed by atoms with van der Waals surface area (Å²) in [6.07, 6.45) is 1.41. The van der Waals surface area contributed by atoms with E-state index in [0.717, 1.165) is 0 Å². The van der Waals surface area contributed by atoms with Crippen molar-refractivity contribution in [3.8, 4) is 0 Å². The molecule has 21 heavy (non-hydrogen) atoms. The first kappa shape index (κ1) is 14.4. The number of carbonyl (C=O) groups is 1. The maximum absolute atomic E-state index is 11.9. The molecule has 0 bridgehead atoms. The van der Waals surface area contributed by atoms with Crippen LogP contribution in [0.2, 0.25) is 0 Å². The molecule has 0 amide bonds. The summed E-state index contributed by atoms with van der Waals surface area (Å²) >= 11 is 0. The molecule has 0 aliphatic heterocycles. The van der Waals surface area contributed by atoms with Gasteiger partial charge >= 0.3 is 11.7 Å². The Bertz CT molecular complexity index is 646. The van der Waals surface area contributed by atoms with Gasteiger partial charge in [-0.25, -0.2) is 9.78 Å². The molecule has 7 nitrogen and oxygen atoms in total. The van der Waals surface area contributed by atoms with Crippen LogP contribution in [0.4, 0.5) is 11.5 Å². The van der Waals surface area contributed by atoms with Gasteiger partial charge in [0.2, 0.25) is 5.82 Å². The van der Waals surface area contributed by atoms with Gasteiger partial charge in [-0.2, -0.15) is 0 Å². The van der Waals surface area contributed by atoms with Crippen LogP contribution >= 0.6 is 0 Å². The average molecular weight is 287 g/mol. The number of pyridine rings is 1. The second-order valence-corrected chi connectivity index (χ2v) is 4.14. The van der Waals surface area contributed by atoms with Crippen LogP contribution in [0.5, 0.6) is 0 Å². The third-order valence-electron chi connectivity index (χ3n) is 2.83. The third-order valence-corrected chi connectivity index (χ3v) is 2.83. The quantitative estimate of drug-likeness (QED) is 0.515. The van der Waals surface area contributed by atoms with Crippen molar-refractivity contribution < 1.29 is 14.5 Å². The molecule has 108 valence electrons. The normalized spacial score (nSPS) is 11.5. The van der Waals surface area contributed by atoms with Crippen LogP contribution in [0.1, 0.15) is 11.6 Å². The summed E-state index contributed by atoms with van der Waals surface area (Å²) in [6.45, 7) is 0. The smallest absolute Gasteiger partial charge is 0.333 e. The molecule has 0 saturated carbocycles. The molecular weight excluding hydrogens is 274 g/mol. The second-order valence-electron chi connectivity index (χ2n) is 4.14. The highest BCUT2D eigenvalue weighted by molar-refractivity contribution is 5.81. The van der Waals surface area contributed by atoms with Gasteiger partial charge in [0.1, 0.15) is 0 Å². The first-order chi connectivity index (χ1) is 10.1. The standard InChI is InChI=1S/C14H13N3O4/c1-21-14(18)12(10-6-3-2-4-7-10)16-13-11(17(19)20)8-5-9-15-13/h2-9,12H,1H3,(H,15,16). The van der Waals surface area contributed by atoms with Crippen molar-refractivity contribution in [2.75, 3.05) is 12.4 Å². The number of aromatic nitrogens is 1. The van der Waals surface area contributed by atoms with Gasteiger partial charge in [0.25, 0.3) is 0 Å². The van der Waals surface area contributed by atoms with E-state index in [1.807, 2.05) is 0 Å². The topological polar surface area (TPSA) is 94.4 Å². The van der Waals surface area contributed by atoms with E-state index in [9.17, 15) is 14.9 Å². The molecule has 1 atom stereocenters. The van der Waals surface area contributed by atoms with E-state index < -0.39 is 16.9 Å². The SMILES string of the molecule is COC(=O)C(Nc1ncccc1[N+](=O)[O-])c1ccccc1. The number of hydrogen-bond acceptors (Lipinski definition) is 6. The molecule has 1 heterocycles. The molecule has 1 unspecified atom stereocenters. The highest BCUT2D eigenvalue weighted by Gasteiger charge is 2.25. The van der Waals surface area contributed by atoms with Crippen LogP contribution in [0, 0.1) is 10.1 Å². The van der Waals surface area contributed by atoms with Crippen LogP contribution in [0.25, 0.3) is 0 Å². The van der Waals surface area contributed by atoms with Crippen molar-refractivity contribution in [3.63, 3.8) is 0 Å². The first-order valence-corrected chi connectivity index (χ1v) is 6.12. The maximum Gasteiger partial charge on any atom is 0.333 e. The van der Waals surface area contributed by atoms with Gasteiger partial charge in [0.15, 0.2) is 6.04 Å². The van der Waals surface area contributed by atoms with Crippen molar-refractivity contribution in [1.82, 2.24) is 4.98 Å². The van der Waals surface area contributed by atoms with E-state index in [0.29, 0.717) is 5.56 Å². The molecule has 1 N–H and O–H groups in total. The van der Waals surface area contributed by atoms with E-state index in [4.69, 9.17) is 4.74 Å². The number of methoxy groups -OCH3 is 1. The van der Waals surface area contributed by atoms with Crippen molar-refractivity contribution in [1.29, 1.82) is 0 Å². The summed E-state index contributed by atoms with van der Waals surface area (Å²) in [6, 6.07) is 10.7. The van der Waals surface area contributed by atoms with Crippen LogP contribution < -0.4 is 5.32 Å². The number of esters is 1. The molecule has 0 spiro atoms. The molecule has 0 fully saturated rings. The predicted molar refractivity (Wildman–Crippen MR) is 75.7 cm³/mol. The molecule has 0 radical (unpaired) electrons. The molecule has 7 heteroatoms. The van der Waals surface area contributed by atoms with Gasteiger partial charge in [0, 0.05) is 12.3 Å². The van der Waals surface area contributed by atoms with Crippen molar-refractivity contribution in [3.05, 3.63) is 64.3 Å². The largest absolute Gasteiger partial charge is 0.467 e. The zero-order chi connectivity index (χ0) is 15.2. The van der Waals surface area contributed by atoms with Gasteiger partial charge < -0.3 is 10.1 Å². The molecule has 0 aliphatic carbocycles. The molecule has 1 aromatic carbocycles. The Morgan fingerprint density at radius 1 is 1.29 bits per heavy atom. The van der Waals surface area contributed by atoms with Gasteiger partial charge in [-0.05, 0) is 11.6 Å². The van der Waals surface area contributed by atoms with E-state index in [1.54, 1.807) is 30.3 Å². The summed E-state index contributed by atoms with van der Waals surface area (Å²) in [7, 11) is 1.26. The number of nitro groups is 1. The van der Waals surface area contributed by atoms with Crippen molar-refractivity contribution in [2.45, 2.75) is 6.04 Å². The van der Waals surface area contributed by atoms with Crippen LogP contribution in [-0.4, -0.2) is 23.0 Å². The van der Waals surface area contributed by atoms with Crippen LogP contribution in [-0.2, 0) is 9.53 Å². The Morgan fingerprint density at radius 2 is 2.00 bits per heavy atom. The minimum Gasteiger partial charge on any atom is -0.467 e. The average Bonchev–Trinajstić information content (AvgIpc) is 2.53. The summed E-state index contributed by atoms with van der Waals surface area (Å²) in [5.41, 5.74) is 0.423. The number of anilines is 1. The highest BCUT2D eigenvalue weighted by Crippen LogP contribution is 2.26. The number of hydrogen-bond donors (Lipinski definition) is 1.